The van der Waals surface area contributed by atoms with Crippen molar-refractivity contribution in [1.29, 1.82) is 0 Å². The number of fused-ring (bicyclic) bond motifs is 9. The number of aryl methyl sites for hydroxylation is 1. The van der Waals surface area contributed by atoms with Crippen molar-refractivity contribution >= 4 is 32.3 Å². The third-order valence-corrected chi connectivity index (χ3v) is 8.15. The normalized spacial score (nSPS) is 14.3. The molecule has 5 aromatic carbocycles. The highest BCUT2D eigenvalue weighted by Crippen LogP contribution is 2.55. The van der Waals surface area contributed by atoms with Crippen LogP contribution in [-0.4, -0.2) is 4.98 Å². The van der Waals surface area contributed by atoms with Crippen molar-refractivity contribution in [3.05, 3.63) is 113 Å². The third-order valence-electron chi connectivity index (χ3n) is 8.15. The highest BCUT2D eigenvalue weighted by Gasteiger charge is 2.42. The maximum absolute atomic E-state index is 14.2. The fraction of sp³-hybridized carbons (Fsp3) is 0.147. The van der Waals surface area contributed by atoms with Crippen LogP contribution in [0.5, 0.6) is 0 Å². The highest BCUT2D eigenvalue weighted by molar-refractivity contribution is 6.15. The van der Waals surface area contributed by atoms with E-state index in [4.69, 9.17) is 4.98 Å². The molecule has 6 aromatic rings. The van der Waals surface area contributed by atoms with Gasteiger partial charge in [-0.2, -0.15) is 13.2 Å². The molecule has 1 aromatic heterocycles. The van der Waals surface area contributed by atoms with Crippen molar-refractivity contribution in [3.8, 4) is 22.4 Å². The molecule has 0 spiro atoms. The first kappa shape index (κ1) is 23.0. The first-order chi connectivity index (χ1) is 18.2. The molecule has 0 N–H and O–H groups in total. The van der Waals surface area contributed by atoms with Gasteiger partial charge in [0.25, 0.3) is 0 Å². The number of alkyl halides is 3. The van der Waals surface area contributed by atoms with Crippen LogP contribution < -0.4 is 0 Å². The molecule has 0 saturated carbocycles. The minimum atomic E-state index is -4.43. The van der Waals surface area contributed by atoms with Crippen LogP contribution in [0.3, 0.4) is 0 Å². The minimum Gasteiger partial charge on any atom is -0.256 e. The fourth-order valence-corrected chi connectivity index (χ4v) is 6.50. The Labute approximate surface area is 218 Å². The molecule has 4 heteroatoms. The average molecular weight is 504 g/mol. The van der Waals surface area contributed by atoms with Crippen molar-refractivity contribution in [1.82, 2.24) is 4.98 Å². The van der Waals surface area contributed by atoms with Gasteiger partial charge in [-0.15, -0.1) is 0 Å². The van der Waals surface area contributed by atoms with Crippen LogP contribution in [0.4, 0.5) is 13.2 Å². The molecule has 0 bridgehead atoms. The summed E-state index contributed by atoms with van der Waals surface area (Å²) in [6.45, 7) is 6.16. The first-order valence-corrected chi connectivity index (χ1v) is 12.7. The molecule has 0 saturated heterocycles. The van der Waals surface area contributed by atoms with Gasteiger partial charge in [0.15, 0.2) is 0 Å². The summed E-state index contributed by atoms with van der Waals surface area (Å²) in [5, 5.41) is 5.19. The number of pyridine rings is 1. The largest absolute Gasteiger partial charge is 0.417 e. The molecule has 1 heterocycles. The lowest BCUT2D eigenvalue weighted by molar-refractivity contribution is -0.136. The minimum absolute atomic E-state index is 0.245. The molecule has 186 valence electrons. The molecule has 1 aliphatic rings. The molecular formula is C34H24F3N. The molecule has 1 aliphatic carbocycles. The molecule has 1 nitrogen and oxygen atoms in total. The molecule has 0 unspecified atom stereocenters. The lowest BCUT2D eigenvalue weighted by atomic mass is 9.79. The van der Waals surface area contributed by atoms with Crippen molar-refractivity contribution in [2.75, 3.05) is 0 Å². The fourth-order valence-electron chi connectivity index (χ4n) is 6.50. The highest BCUT2D eigenvalue weighted by atomic mass is 19.4. The Kier molecular flexibility index (Phi) is 4.64. The van der Waals surface area contributed by atoms with Crippen LogP contribution in [0.25, 0.3) is 54.7 Å². The van der Waals surface area contributed by atoms with E-state index >= 15 is 0 Å². The Morgan fingerprint density at radius 1 is 0.684 bits per heavy atom. The number of halogens is 3. The summed E-state index contributed by atoms with van der Waals surface area (Å²) >= 11 is 0. The summed E-state index contributed by atoms with van der Waals surface area (Å²) < 4.78 is 42.6. The van der Waals surface area contributed by atoms with Gasteiger partial charge in [-0.3, -0.25) is 4.98 Å². The van der Waals surface area contributed by atoms with Crippen LogP contribution in [0.15, 0.2) is 91.1 Å². The van der Waals surface area contributed by atoms with Gasteiger partial charge >= 0.3 is 6.18 Å². The van der Waals surface area contributed by atoms with Crippen molar-refractivity contribution in [3.63, 3.8) is 0 Å². The average Bonchev–Trinajstić information content (AvgIpc) is 3.14. The smallest absolute Gasteiger partial charge is 0.256 e. The van der Waals surface area contributed by atoms with E-state index in [0.717, 1.165) is 55.1 Å². The van der Waals surface area contributed by atoms with Gasteiger partial charge in [-0.25, -0.2) is 0 Å². The Bertz CT molecular complexity index is 1950. The summed E-state index contributed by atoms with van der Waals surface area (Å²) in [6.07, 6.45) is -2.59. The first-order valence-electron chi connectivity index (χ1n) is 12.7. The Hall–Kier alpha value is -4.18. The Morgan fingerprint density at radius 2 is 1.39 bits per heavy atom. The zero-order valence-corrected chi connectivity index (χ0v) is 21.2. The van der Waals surface area contributed by atoms with E-state index in [2.05, 4.69) is 49.4 Å². The zero-order valence-electron chi connectivity index (χ0n) is 21.2. The Balaban J connectivity index is 1.55. The molecule has 0 atom stereocenters. The van der Waals surface area contributed by atoms with Gasteiger partial charge in [0.05, 0.1) is 11.3 Å². The van der Waals surface area contributed by atoms with Crippen LogP contribution in [0, 0.1) is 6.92 Å². The monoisotopic (exact) mass is 503 g/mol. The van der Waals surface area contributed by atoms with Gasteiger partial charge in [-0.05, 0) is 74.3 Å². The number of aromatic nitrogens is 1. The lowest BCUT2D eigenvalue weighted by Gasteiger charge is -2.25. The second-order valence-corrected chi connectivity index (χ2v) is 10.8. The predicted octanol–water partition coefficient (Wildman–Crippen LogP) is 9.84. The van der Waals surface area contributed by atoms with E-state index in [-0.39, 0.29) is 5.39 Å². The van der Waals surface area contributed by atoms with Crippen molar-refractivity contribution in [2.45, 2.75) is 32.4 Å². The van der Waals surface area contributed by atoms with Gasteiger partial charge in [0.1, 0.15) is 0 Å². The van der Waals surface area contributed by atoms with Crippen LogP contribution in [0.1, 0.15) is 36.1 Å². The van der Waals surface area contributed by atoms with E-state index in [1.54, 1.807) is 12.1 Å². The zero-order chi connectivity index (χ0) is 26.4. The van der Waals surface area contributed by atoms with Gasteiger partial charge in [0.2, 0.25) is 0 Å². The number of nitrogens with zero attached hydrogens (tertiary/aromatic N) is 1. The van der Waals surface area contributed by atoms with Crippen LogP contribution in [0.2, 0.25) is 0 Å². The van der Waals surface area contributed by atoms with E-state index in [0.29, 0.717) is 5.39 Å². The summed E-state index contributed by atoms with van der Waals surface area (Å²) in [5.74, 6) is 0. The van der Waals surface area contributed by atoms with E-state index in [9.17, 15) is 13.2 Å². The second kappa shape index (κ2) is 7.67. The molecule has 38 heavy (non-hydrogen) atoms. The van der Waals surface area contributed by atoms with Gasteiger partial charge < -0.3 is 0 Å². The number of hydrogen-bond acceptors (Lipinski definition) is 1. The summed E-state index contributed by atoms with van der Waals surface area (Å²) in [6, 6.07) is 27.1. The maximum atomic E-state index is 14.2. The van der Waals surface area contributed by atoms with Crippen LogP contribution in [-0.2, 0) is 11.6 Å². The van der Waals surface area contributed by atoms with Gasteiger partial charge in [-0.1, -0.05) is 86.1 Å². The Morgan fingerprint density at radius 3 is 2.16 bits per heavy atom. The number of rotatable bonds is 1. The SMILES string of the molecule is Cc1cccc(-c2nccc3c2ccc2c4c(ccc23)-c2c(cc(C(F)(F)F)c3ccccc23)C4(C)C)c1. The quantitative estimate of drug-likeness (QED) is 0.204. The van der Waals surface area contributed by atoms with E-state index < -0.39 is 17.2 Å². The summed E-state index contributed by atoms with van der Waals surface area (Å²) in [5.41, 5.74) is 5.70. The molecule has 0 fully saturated rings. The molecular weight excluding hydrogens is 479 g/mol. The van der Waals surface area contributed by atoms with Gasteiger partial charge in [0, 0.05) is 22.6 Å². The molecule has 0 amide bonds. The molecule has 7 rings (SSSR count). The van der Waals surface area contributed by atoms with E-state index in [1.165, 1.54) is 11.6 Å². The summed E-state index contributed by atoms with van der Waals surface area (Å²) in [7, 11) is 0. The number of benzene rings is 5. The lowest BCUT2D eigenvalue weighted by Crippen LogP contribution is -2.17. The predicted molar refractivity (Wildman–Crippen MR) is 149 cm³/mol. The van der Waals surface area contributed by atoms with Crippen LogP contribution >= 0.6 is 0 Å². The summed E-state index contributed by atoms with van der Waals surface area (Å²) in [4.78, 5) is 4.72. The van der Waals surface area contributed by atoms with Crippen molar-refractivity contribution < 1.29 is 13.2 Å². The van der Waals surface area contributed by atoms with E-state index in [1.807, 2.05) is 44.3 Å². The second-order valence-electron chi connectivity index (χ2n) is 10.8. The third kappa shape index (κ3) is 3.10. The molecule has 0 aliphatic heterocycles. The maximum Gasteiger partial charge on any atom is 0.417 e. The van der Waals surface area contributed by atoms with Crippen molar-refractivity contribution in [2.24, 2.45) is 0 Å². The topological polar surface area (TPSA) is 12.9 Å². The number of hydrogen-bond donors (Lipinski definition) is 0. The standard InChI is InChI=1S/C34H24F3N/c1-19-7-6-8-20(17-19)32-26-13-12-25-21(22(26)15-16-38-32)11-14-27-30-24-10-5-4-9-23(24)28(34(35,36)37)18-29(30)33(2,3)31(25)27/h4-18H,1-3H3. The molecule has 0 radical (unpaired) electrons.